The molecule has 0 bridgehead atoms. The number of benzene rings is 1. The molecule has 0 aliphatic carbocycles. The molecule has 0 atom stereocenters. The van der Waals surface area contributed by atoms with E-state index < -0.39 is 0 Å². The van der Waals surface area contributed by atoms with E-state index in [0.29, 0.717) is 5.69 Å². The first-order valence-electron chi connectivity index (χ1n) is 4.06. The first kappa shape index (κ1) is 11.0. The van der Waals surface area contributed by atoms with Crippen molar-refractivity contribution in [3.8, 4) is 0 Å². The molecular formula is C9H11BrN2O2. The van der Waals surface area contributed by atoms with Crippen LogP contribution < -0.4 is 4.90 Å². The summed E-state index contributed by atoms with van der Waals surface area (Å²) in [7, 11) is 3.57. The van der Waals surface area contributed by atoms with Gasteiger partial charge in [0.05, 0.1) is 9.40 Å². The van der Waals surface area contributed by atoms with Gasteiger partial charge in [-0.25, -0.2) is 0 Å². The number of rotatable bonds is 2. The van der Waals surface area contributed by atoms with Crippen molar-refractivity contribution in [2.24, 2.45) is 0 Å². The second-order valence-electron chi connectivity index (χ2n) is 3.22. The normalized spacial score (nSPS) is 10.0. The van der Waals surface area contributed by atoms with Crippen molar-refractivity contribution < 1.29 is 4.92 Å². The Kier molecular flexibility index (Phi) is 3.10. The van der Waals surface area contributed by atoms with E-state index in [0.717, 1.165) is 10.0 Å². The Balaban J connectivity index is 3.45. The van der Waals surface area contributed by atoms with Gasteiger partial charge in [0.2, 0.25) is 0 Å². The fourth-order valence-electron chi connectivity index (χ4n) is 1.23. The Labute approximate surface area is 90.8 Å². The highest BCUT2D eigenvalue weighted by Gasteiger charge is 2.19. The smallest absolute Gasteiger partial charge is 0.293 e. The highest BCUT2D eigenvalue weighted by molar-refractivity contribution is 9.10. The predicted molar refractivity (Wildman–Crippen MR) is 59.9 cm³/mol. The van der Waals surface area contributed by atoms with Crippen molar-refractivity contribution in [3.63, 3.8) is 0 Å². The van der Waals surface area contributed by atoms with Gasteiger partial charge in [-0.2, -0.15) is 0 Å². The minimum Gasteiger partial charge on any atom is -0.371 e. The van der Waals surface area contributed by atoms with Gasteiger partial charge in [0, 0.05) is 20.2 Å². The van der Waals surface area contributed by atoms with Crippen molar-refractivity contribution >= 4 is 27.3 Å². The SMILES string of the molecule is Cc1ccc([N+](=O)[O-])c(N(C)C)c1Br. The maximum Gasteiger partial charge on any atom is 0.293 e. The van der Waals surface area contributed by atoms with Gasteiger partial charge in [0.15, 0.2) is 0 Å². The molecule has 1 aromatic rings. The molecule has 0 fully saturated rings. The minimum absolute atomic E-state index is 0.118. The summed E-state index contributed by atoms with van der Waals surface area (Å²) < 4.78 is 0.775. The first-order chi connectivity index (χ1) is 6.45. The van der Waals surface area contributed by atoms with Gasteiger partial charge in [-0.05, 0) is 28.4 Å². The lowest BCUT2D eigenvalue weighted by Gasteiger charge is -2.15. The zero-order valence-corrected chi connectivity index (χ0v) is 9.83. The summed E-state index contributed by atoms with van der Waals surface area (Å²) in [6.45, 7) is 1.90. The van der Waals surface area contributed by atoms with Gasteiger partial charge in [0.25, 0.3) is 5.69 Å². The van der Waals surface area contributed by atoms with E-state index in [-0.39, 0.29) is 10.6 Å². The Bertz CT molecular complexity index is 377. The third kappa shape index (κ3) is 1.87. The number of aryl methyl sites for hydroxylation is 1. The van der Waals surface area contributed by atoms with Crippen LogP contribution in [0.15, 0.2) is 16.6 Å². The average molecular weight is 259 g/mol. The largest absolute Gasteiger partial charge is 0.371 e. The van der Waals surface area contributed by atoms with Crippen LogP contribution in [0.25, 0.3) is 0 Å². The number of nitro benzene ring substituents is 1. The number of halogens is 1. The van der Waals surface area contributed by atoms with Crippen LogP contribution in [0.3, 0.4) is 0 Å². The third-order valence-corrected chi connectivity index (χ3v) is 2.93. The molecular weight excluding hydrogens is 248 g/mol. The molecule has 76 valence electrons. The summed E-state index contributed by atoms with van der Waals surface area (Å²) in [6, 6.07) is 3.25. The number of anilines is 1. The summed E-state index contributed by atoms with van der Waals surface area (Å²) >= 11 is 3.35. The van der Waals surface area contributed by atoms with Crippen LogP contribution in [0.2, 0.25) is 0 Å². The monoisotopic (exact) mass is 258 g/mol. The Morgan fingerprint density at radius 2 is 2.00 bits per heavy atom. The minimum atomic E-state index is -0.375. The van der Waals surface area contributed by atoms with Gasteiger partial charge in [-0.3, -0.25) is 10.1 Å². The zero-order chi connectivity index (χ0) is 10.9. The molecule has 1 rings (SSSR count). The van der Waals surface area contributed by atoms with Crippen LogP contribution in [0.4, 0.5) is 11.4 Å². The van der Waals surface area contributed by atoms with Crippen molar-refractivity contribution in [2.45, 2.75) is 6.92 Å². The van der Waals surface area contributed by atoms with E-state index in [1.54, 1.807) is 25.1 Å². The van der Waals surface area contributed by atoms with Crippen LogP contribution in [0.5, 0.6) is 0 Å². The quantitative estimate of drug-likeness (QED) is 0.606. The summed E-state index contributed by atoms with van der Waals surface area (Å²) in [5.74, 6) is 0. The molecule has 0 unspecified atom stereocenters. The van der Waals surface area contributed by atoms with Crippen LogP contribution in [-0.4, -0.2) is 19.0 Å². The summed E-state index contributed by atoms with van der Waals surface area (Å²) in [4.78, 5) is 12.1. The van der Waals surface area contributed by atoms with Crippen LogP contribution in [0.1, 0.15) is 5.56 Å². The van der Waals surface area contributed by atoms with Gasteiger partial charge < -0.3 is 4.90 Å². The van der Waals surface area contributed by atoms with Gasteiger partial charge in [-0.15, -0.1) is 0 Å². The lowest BCUT2D eigenvalue weighted by atomic mass is 10.2. The molecule has 4 nitrogen and oxygen atoms in total. The molecule has 0 radical (unpaired) electrons. The standard InChI is InChI=1S/C9H11BrN2O2/c1-6-4-5-7(12(13)14)9(8(6)10)11(2)3/h4-5H,1-3H3. The van der Waals surface area contributed by atoms with Gasteiger partial charge >= 0.3 is 0 Å². The van der Waals surface area contributed by atoms with E-state index in [1.807, 2.05) is 6.92 Å². The highest BCUT2D eigenvalue weighted by atomic mass is 79.9. The zero-order valence-electron chi connectivity index (χ0n) is 8.24. The molecule has 0 aliphatic heterocycles. The summed E-state index contributed by atoms with van der Waals surface area (Å²) in [5, 5.41) is 10.7. The van der Waals surface area contributed by atoms with Crippen molar-refractivity contribution in [2.75, 3.05) is 19.0 Å². The van der Waals surface area contributed by atoms with Crippen molar-refractivity contribution in [3.05, 3.63) is 32.3 Å². The van der Waals surface area contributed by atoms with E-state index in [2.05, 4.69) is 15.9 Å². The fourth-order valence-corrected chi connectivity index (χ4v) is 1.92. The molecule has 1 aromatic carbocycles. The first-order valence-corrected chi connectivity index (χ1v) is 4.85. The van der Waals surface area contributed by atoms with Gasteiger partial charge in [0.1, 0.15) is 5.69 Å². The van der Waals surface area contributed by atoms with Crippen LogP contribution >= 0.6 is 15.9 Å². The molecule has 0 amide bonds. The summed E-state index contributed by atoms with van der Waals surface area (Å²) in [6.07, 6.45) is 0. The van der Waals surface area contributed by atoms with Gasteiger partial charge in [-0.1, -0.05) is 6.07 Å². The lowest BCUT2D eigenvalue weighted by molar-refractivity contribution is -0.384. The van der Waals surface area contributed by atoms with E-state index >= 15 is 0 Å². The van der Waals surface area contributed by atoms with Crippen LogP contribution in [-0.2, 0) is 0 Å². The van der Waals surface area contributed by atoms with Crippen molar-refractivity contribution in [1.82, 2.24) is 0 Å². The Morgan fingerprint density at radius 1 is 1.43 bits per heavy atom. The molecule has 0 saturated heterocycles. The van der Waals surface area contributed by atoms with E-state index in [9.17, 15) is 10.1 Å². The second-order valence-corrected chi connectivity index (χ2v) is 4.01. The number of hydrogen-bond donors (Lipinski definition) is 0. The fraction of sp³-hybridized carbons (Fsp3) is 0.333. The third-order valence-electron chi connectivity index (χ3n) is 1.93. The molecule has 0 aliphatic rings. The molecule has 0 aromatic heterocycles. The number of nitro groups is 1. The van der Waals surface area contributed by atoms with E-state index in [4.69, 9.17) is 0 Å². The number of hydrogen-bond acceptors (Lipinski definition) is 3. The Hall–Kier alpha value is -1.10. The topological polar surface area (TPSA) is 46.4 Å². The maximum atomic E-state index is 10.7. The lowest BCUT2D eigenvalue weighted by Crippen LogP contribution is -2.12. The highest BCUT2D eigenvalue weighted by Crippen LogP contribution is 2.36. The molecule has 0 saturated carbocycles. The molecule has 5 heteroatoms. The average Bonchev–Trinajstić information content (AvgIpc) is 2.08. The van der Waals surface area contributed by atoms with E-state index in [1.165, 1.54) is 6.07 Å². The molecule has 0 spiro atoms. The molecule has 0 N–H and O–H groups in total. The Morgan fingerprint density at radius 3 is 2.43 bits per heavy atom. The molecule has 14 heavy (non-hydrogen) atoms. The second kappa shape index (κ2) is 3.96. The van der Waals surface area contributed by atoms with Crippen molar-refractivity contribution in [1.29, 1.82) is 0 Å². The van der Waals surface area contributed by atoms with Crippen LogP contribution in [0, 0.1) is 17.0 Å². The molecule has 0 heterocycles. The predicted octanol–water partition coefficient (Wildman–Crippen LogP) is 2.73. The summed E-state index contributed by atoms with van der Waals surface area (Å²) in [5.41, 5.74) is 1.71. The number of nitrogens with zero attached hydrogens (tertiary/aromatic N) is 2. The maximum absolute atomic E-state index is 10.7.